The fraction of sp³-hybridized carbons (Fsp3) is 0.600. The summed E-state index contributed by atoms with van der Waals surface area (Å²) in [5.74, 6) is 0.657. The number of anilines is 3. The molecule has 1 unspecified atom stereocenters. The number of hydrogen-bond donors (Lipinski definition) is 2. The molecular weight excluding hydrogens is 486 g/mol. The molecule has 7 heteroatoms. The zero-order chi connectivity index (χ0) is 27.6. The van der Waals surface area contributed by atoms with Crippen molar-refractivity contribution >= 4 is 34.9 Å². The fourth-order valence-electron chi connectivity index (χ4n) is 4.30. The summed E-state index contributed by atoms with van der Waals surface area (Å²) in [6.45, 7) is 13.6. The molecule has 0 aliphatic heterocycles. The van der Waals surface area contributed by atoms with E-state index in [2.05, 4.69) is 54.2 Å². The van der Waals surface area contributed by atoms with E-state index in [-0.39, 0.29) is 17.6 Å². The van der Waals surface area contributed by atoms with Crippen LogP contribution in [0.2, 0.25) is 5.15 Å². The van der Waals surface area contributed by atoms with Gasteiger partial charge in [0.1, 0.15) is 11.4 Å². The summed E-state index contributed by atoms with van der Waals surface area (Å²) >= 11 is 5.97. The first-order valence-electron chi connectivity index (χ1n) is 13.4. The van der Waals surface area contributed by atoms with Gasteiger partial charge in [-0.05, 0) is 88.1 Å². The maximum absolute atomic E-state index is 11.1. The number of aldehydes is 1. The van der Waals surface area contributed by atoms with Gasteiger partial charge in [0.15, 0.2) is 0 Å². The van der Waals surface area contributed by atoms with Crippen molar-refractivity contribution in [3.8, 4) is 0 Å². The molecule has 0 bridgehead atoms. The Balaban J connectivity index is 0.000000717. The summed E-state index contributed by atoms with van der Waals surface area (Å²) in [7, 11) is 1.71. The van der Waals surface area contributed by atoms with Gasteiger partial charge < -0.3 is 24.9 Å². The Bertz CT molecular complexity index is 952. The standard InChI is InChI=1S/C25H34ClN3O2.C5H12O/c1-17(2)16-29(21-6-8-22(31)9-7-21)24-10-4-19(18(3)12-13-30)14-23(24)28-20-5-11-25(26)27-15-20;1-5(2,3)6-4/h4-5,10-11,13-15,17-18,21-22,28,31H,6-9,12,16H2,1-3H3;1-4H3. The molecule has 3 rings (SSSR count). The van der Waals surface area contributed by atoms with Crippen LogP contribution in [-0.2, 0) is 9.53 Å². The second-order valence-corrected chi connectivity index (χ2v) is 11.8. The molecular formula is C30H46ClN3O3. The zero-order valence-electron chi connectivity index (χ0n) is 23.6. The Hall–Kier alpha value is -2.15. The van der Waals surface area contributed by atoms with Crippen LogP contribution in [0, 0.1) is 5.92 Å². The molecule has 6 nitrogen and oxygen atoms in total. The fourth-order valence-corrected chi connectivity index (χ4v) is 4.42. The molecule has 1 heterocycles. The van der Waals surface area contributed by atoms with E-state index in [4.69, 9.17) is 16.3 Å². The van der Waals surface area contributed by atoms with E-state index in [1.54, 1.807) is 19.4 Å². The topological polar surface area (TPSA) is 74.7 Å². The highest BCUT2D eigenvalue weighted by Gasteiger charge is 2.27. The largest absolute Gasteiger partial charge is 0.393 e. The number of aliphatic hydroxyl groups excluding tert-OH is 1. The SMILES string of the molecule is CC(C)CN(c1ccc(C(C)CC=O)cc1Nc1ccc(Cl)nc1)C1CCC(O)CC1.COC(C)(C)C. The third-order valence-corrected chi connectivity index (χ3v) is 6.86. The highest BCUT2D eigenvalue weighted by molar-refractivity contribution is 6.29. The Labute approximate surface area is 228 Å². The van der Waals surface area contributed by atoms with Gasteiger partial charge in [0.25, 0.3) is 0 Å². The lowest BCUT2D eigenvalue weighted by molar-refractivity contribution is -0.108. The number of methoxy groups -OCH3 is 1. The number of aromatic nitrogens is 1. The van der Waals surface area contributed by atoms with Crippen LogP contribution in [0.1, 0.15) is 85.1 Å². The maximum Gasteiger partial charge on any atom is 0.129 e. The summed E-state index contributed by atoms with van der Waals surface area (Å²) in [6, 6.07) is 10.6. The number of nitrogens with zero attached hydrogens (tertiary/aromatic N) is 2. The lowest BCUT2D eigenvalue weighted by atomic mass is 9.90. The van der Waals surface area contributed by atoms with Gasteiger partial charge in [-0.25, -0.2) is 4.98 Å². The minimum absolute atomic E-state index is 0.0417. The Kier molecular flexibility index (Phi) is 12.3. The number of pyridine rings is 1. The van der Waals surface area contributed by atoms with Crippen molar-refractivity contribution in [2.75, 3.05) is 23.9 Å². The Morgan fingerprint density at radius 1 is 1.16 bits per heavy atom. The van der Waals surface area contributed by atoms with Gasteiger partial charge in [-0.15, -0.1) is 0 Å². The summed E-state index contributed by atoms with van der Waals surface area (Å²) in [6.07, 6.45) is 6.69. The number of rotatable bonds is 9. The van der Waals surface area contributed by atoms with Crippen LogP contribution in [0.15, 0.2) is 36.5 Å². The van der Waals surface area contributed by atoms with Gasteiger partial charge in [-0.1, -0.05) is 38.4 Å². The van der Waals surface area contributed by atoms with E-state index in [0.717, 1.165) is 61.1 Å². The zero-order valence-corrected chi connectivity index (χ0v) is 24.4. The molecule has 0 radical (unpaired) electrons. The second-order valence-electron chi connectivity index (χ2n) is 11.4. The lowest BCUT2D eigenvalue weighted by Crippen LogP contribution is -2.41. The highest BCUT2D eigenvalue weighted by atomic mass is 35.5. The molecule has 2 aromatic rings. The van der Waals surface area contributed by atoms with Gasteiger partial charge in [0.05, 0.1) is 35.0 Å². The predicted molar refractivity (Wildman–Crippen MR) is 155 cm³/mol. The van der Waals surface area contributed by atoms with Gasteiger partial charge in [-0.3, -0.25) is 0 Å². The van der Waals surface area contributed by atoms with Gasteiger partial charge in [0, 0.05) is 26.1 Å². The van der Waals surface area contributed by atoms with Crippen LogP contribution in [-0.4, -0.2) is 47.8 Å². The number of halogens is 1. The van der Waals surface area contributed by atoms with E-state index in [0.29, 0.717) is 23.5 Å². The van der Waals surface area contributed by atoms with E-state index in [1.165, 1.54) is 0 Å². The molecule has 1 aromatic carbocycles. The molecule has 1 aliphatic carbocycles. The van der Waals surface area contributed by atoms with Crippen LogP contribution < -0.4 is 10.2 Å². The van der Waals surface area contributed by atoms with Crippen LogP contribution >= 0.6 is 11.6 Å². The Morgan fingerprint density at radius 3 is 2.32 bits per heavy atom. The summed E-state index contributed by atoms with van der Waals surface area (Å²) in [4.78, 5) is 17.8. The van der Waals surface area contributed by atoms with Crippen molar-refractivity contribution in [1.29, 1.82) is 0 Å². The van der Waals surface area contributed by atoms with Crippen molar-refractivity contribution < 1.29 is 14.6 Å². The van der Waals surface area contributed by atoms with Crippen LogP contribution in [0.5, 0.6) is 0 Å². The predicted octanol–water partition coefficient (Wildman–Crippen LogP) is 7.37. The molecule has 0 amide bonds. The van der Waals surface area contributed by atoms with E-state index < -0.39 is 0 Å². The molecule has 1 aliphatic rings. The highest BCUT2D eigenvalue weighted by Crippen LogP contribution is 2.37. The number of ether oxygens (including phenoxy) is 1. The summed E-state index contributed by atoms with van der Waals surface area (Å²) < 4.78 is 4.94. The molecule has 206 valence electrons. The van der Waals surface area contributed by atoms with Crippen molar-refractivity contribution in [3.63, 3.8) is 0 Å². The number of benzene rings is 1. The maximum atomic E-state index is 11.1. The summed E-state index contributed by atoms with van der Waals surface area (Å²) in [5, 5.41) is 14.0. The number of carbonyl (C=O) groups excluding carboxylic acids is 1. The van der Waals surface area contributed by atoms with Crippen molar-refractivity contribution in [1.82, 2.24) is 4.98 Å². The monoisotopic (exact) mass is 531 g/mol. The Morgan fingerprint density at radius 2 is 1.81 bits per heavy atom. The van der Waals surface area contributed by atoms with Crippen molar-refractivity contribution in [2.45, 2.75) is 97.3 Å². The van der Waals surface area contributed by atoms with E-state index in [1.807, 2.05) is 26.8 Å². The third kappa shape index (κ3) is 10.6. The van der Waals surface area contributed by atoms with Crippen LogP contribution in [0.3, 0.4) is 0 Å². The molecule has 1 saturated carbocycles. The first-order chi connectivity index (χ1) is 17.4. The number of nitrogens with one attached hydrogen (secondary N) is 1. The van der Waals surface area contributed by atoms with Gasteiger partial charge >= 0.3 is 0 Å². The van der Waals surface area contributed by atoms with E-state index >= 15 is 0 Å². The molecule has 1 fully saturated rings. The number of carbonyl (C=O) groups is 1. The number of aliphatic hydroxyl groups is 1. The van der Waals surface area contributed by atoms with Crippen molar-refractivity contribution in [3.05, 3.63) is 47.2 Å². The first kappa shape index (κ1) is 31.1. The van der Waals surface area contributed by atoms with Crippen molar-refractivity contribution in [2.24, 2.45) is 5.92 Å². The van der Waals surface area contributed by atoms with Gasteiger partial charge in [-0.2, -0.15) is 0 Å². The van der Waals surface area contributed by atoms with Gasteiger partial charge in [0.2, 0.25) is 0 Å². The molecule has 0 spiro atoms. The molecule has 37 heavy (non-hydrogen) atoms. The average Bonchev–Trinajstić information content (AvgIpc) is 2.85. The third-order valence-electron chi connectivity index (χ3n) is 6.64. The quantitative estimate of drug-likeness (QED) is 0.260. The average molecular weight is 532 g/mol. The molecule has 1 aromatic heterocycles. The number of hydrogen-bond acceptors (Lipinski definition) is 6. The smallest absolute Gasteiger partial charge is 0.129 e. The normalized spacial score (nSPS) is 18.5. The van der Waals surface area contributed by atoms with E-state index in [9.17, 15) is 9.90 Å². The second kappa shape index (κ2) is 14.7. The molecule has 1 atom stereocenters. The minimum atomic E-state index is -0.179. The molecule has 2 N–H and O–H groups in total. The lowest BCUT2D eigenvalue weighted by Gasteiger charge is -2.39. The minimum Gasteiger partial charge on any atom is -0.393 e. The van der Waals surface area contributed by atoms with Crippen LogP contribution in [0.25, 0.3) is 0 Å². The summed E-state index contributed by atoms with van der Waals surface area (Å²) in [5.41, 5.74) is 4.19. The molecule has 0 saturated heterocycles. The van der Waals surface area contributed by atoms with Crippen LogP contribution in [0.4, 0.5) is 17.1 Å². The first-order valence-corrected chi connectivity index (χ1v) is 13.8.